The van der Waals surface area contributed by atoms with Crippen LogP contribution in [0.2, 0.25) is 0 Å². The Hall–Kier alpha value is 1.01. The van der Waals surface area contributed by atoms with E-state index in [0.29, 0.717) is 0 Å². The largest absolute Gasteiger partial charge is 2.00 e. The predicted octanol–water partition coefficient (Wildman–Crippen LogP) is 1.45. The van der Waals surface area contributed by atoms with E-state index < -0.39 is 6.18 Å². The van der Waals surface area contributed by atoms with Crippen molar-refractivity contribution in [2.75, 3.05) is 0 Å². The Labute approximate surface area is 72.2 Å². The molecule has 0 spiro atoms. The van der Waals surface area contributed by atoms with Crippen molar-refractivity contribution >= 4 is 18.9 Å². The van der Waals surface area contributed by atoms with Crippen LogP contribution in [0.3, 0.4) is 0 Å². The van der Waals surface area contributed by atoms with Gasteiger partial charge in [-0.3, -0.25) is 0 Å². The molecule has 41 valence electrons. The third-order valence-corrected chi connectivity index (χ3v) is 0. The van der Waals surface area contributed by atoms with Gasteiger partial charge in [-0.05, 0) is 0 Å². The second kappa shape index (κ2) is 8.01. The van der Waals surface area contributed by atoms with E-state index in [1.54, 1.807) is 6.92 Å². The number of hydrogen-bond donors (Lipinski definition) is 0. The quantitative estimate of drug-likeness (QED) is 0.381. The van der Waals surface area contributed by atoms with Crippen LogP contribution in [0.25, 0.3) is 0 Å². The van der Waals surface area contributed by atoms with Gasteiger partial charge in [-0.15, -0.1) is 0 Å². The standard InChI is InChI=1S/C2H2F3.CH3.Li.Zn/c1-2(3,4)5;;;/h1H2;1H3;;/q2*-1;;+2. The van der Waals surface area contributed by atoms with Crippen LogP contribution in [0, 0.1) is 14.4 Å². The van der Waals surface area contributed by atoms with E-state index in [0.717, 1.165) is 0 Å². The summed E-state index contributed by atoms with van der Waals surface area (Å²) in [5.41, 5.74) is 0. The Kier molecular flexibility index (Phi) is 23.1. The fraction of sp³-hybridized carbons (Fsp3) is 0.333. The van der Waals surface area contributed by atoms with Gasteiger partial charge < -0.3 is 7.43 Å². The zero-order valence-corrected chi connectivity index (χ0v) is 8.02. The van der Waals surface area contributed by atoms with Crippen molar-refractivity contribution < 1.29 is 32.6 Å². The van der Waals surface area contributed by atoms with Gasteiger partial charge >= 0.3 is 19.5 Å². The maximum atomic E-state index is 10.2. The van der Waals surface area contributed by atoms with Crippen molar-refractivity contribution in [1.82, 2.24) is 0 Å². The molecule has 0 aliphatic rings. The smallest absolute Gasteiger partial charge is 0.358 e. The fourth-order valence-corrected chi connectivity index (χ4v) is 0. The molecule has 0 bridgehead atoms. The molecule has 0 amide bonds. The van der Waals surface area contributed by atoms with E-state index in [9.17, 15) is 13.2 Å². The van der Waals surface area contributed by atoms with Crippen LogP contribution in [0.15, 0.2) is 0 Å². The van der Waals surface area contributed by atoms with Crippen LogP contribution in [0.1, 0.15) is 0 Å². The van der Waals surface area contributed by atoms with Crippen LogP contribution in [-0.4, -0.2) is 25.0 Å². The maximum absolute atomic E-state index is 10.2. The Morgan fingerprint density at radius 1 is 1.12 bits per heavy atom. The van der Waals surface area contributed by atoms with Crippen molar-refractivity contribution in [3.8, 4) is 0 Å². The average Bonchev–Trinajstić information content (AvgIpc) is 0.722. The average molecular weight is 170 g/mol. The minimum absolute atomic E-state index is 0. The molecule has 0 saturated carbocycles. The SMILES string of the molecule is [CH2-]C(F)(F)F.[CH3-].[Li].[Zn+2]. The third kappa shape index (κ3) is 248. The second-order valence-electron chi connectivity index (χ2n) is 0.615. The van der Waals surface area contributed by atoms with Crippen LogP contribution >= 0.6 is 0 Å². The zero-order chi connectivity index (χ0) is 4.50. The minimum atomic E-state index is -4.25. The van der Waals surface area contributed by atoms with Crippen molar-refractivity contribution in [3.63, 3.8) is 0 Å². The van der Waals surface area contributed by atoms with Gasteiger partial charge in [-0.2, -0.15) is 0 Å². The van der Waals surface area contributed by atoms with E-state index >= 15 is 0 Å². The first kappa shape index (κ1) is 23.0. The minimum Gasteiger partial charge on any atom is -0.358 e. The van der Waals surface area contributed by atoms with Gasteiger partial charge in [0.25, 0.3) is 6.18 Å². The fourth-order valence-electron chi connectivity index (χ4n) is 0. The second-order valence-corrected chi connectivity index (χ2v) is 0.615. The summed E-state index contributed by atoms with van der Waals surface area (Å²) in [6, 6.07) is 0. The molecule has 0 aromatic carbocycles. The molecule has 5 heteroatoms. The number of halogens is 3. The van der Waals surface area contributed by atoms with E-state index in [2.05, 4.69) is 0 Å². The zero-order valence-electron chi connectivity index (χ0n) is 5.05. The van der Waals surface area contributed by atoms with Crippen LogP contribution in [-0.2, 0) is 19.5 Å². The first-order chi connectivity index (χ1) is 2.00. The van der Waals surface area contributed by atoms with E-state index in [1.807, 2.05) is 0 Å². The van der Waals surface area contributed by atoms with Gasteiger partial charge in [0.1, 0.15) is 0 Å². The molecule has 0 aliphatic heterocycles. The number of hydrogen-bond acceptors (Lipinski definition) is 0. The maximum Gasteiger partial charge on any atom is 2.00 e. The molecular weight excluding hydrogens is 165 g/mol. The Balaban J connectivity index is -0.0000000267. The molecular formula is C3H5F3LiZn. The van der Waals surface area contributed by atoms with E-state index in [1.165, 1.54) is 0 Å². The molecule has 0 unspecified atom stereocenters. The van der Waals surface area contributed by atoms with Gasteiger partial charge in [0.2, 0.25) is 0 Å². The third-order valence-electron chi connectivity index (χ3n) is 0. The Morgan fingerprint density at radius 2 is 1.12 bits per heavy atom. The predicted molar refractivity (Wildman–Crippen MR) is 23.6 cm³/mol. The topological polar surface area (TPSA) is 0 Å². The monoisotopic (exact) mass is 169 g/mol. The summed E-state index contributed by atoms with van der Waals surface area (Å²) in [5.74, 6) is 0. The van der Waals surface area contributed by atoms with Gasteiger partial charge in [0.05, 0.1) is 0 Å². The molecule has 8 heavy (non-hydrogen) atoms. The summed E-state index contributed by atoms with van der Waals surface area (Å²) in [4.78, 5) is 0. The number of rotatable bonds is 0. The normalized spacial score (nSPS) is 7.50. The molecule has 0 fully saturated rings. The Morgan fingerprint density at radius 3 is 1.12 bits per heavy atom. The van der Waals surface area contributed by atoms with Crippen molar-refractivity contribution in [3.05, 3.63) is 14.4 Å². The first-order valence-electron chi connectivity index (χ1n) is 0.921. The van der Waals surface area contributed by atoms with Crippen LogP contribution < -0.4 is 0 Å². The molecule has 0 N–H and O–H groups in total. The van der Waals surface area contributed by atoms with Gasteiger partial charge in [-0.1, -0.05) is 0 Å². The summed E-state index contributed by atoms with van der Waals surface area (Å²) >= 11 is 0. The Bertz CT molecular complexity index is 30.0. The van der Waals surface area contributed by atoms with Crippen LogP contribution in [0.5, 0.6) is 0 Å². The summed E-state index contributed by atoms with van der Waals surface area (Å²) in [5, 5.41) is 0. The first-order valence-corrected chi connectivity index (χ1v) is 0.921. The van der Waals surface area contributed by atoms with Gasteiger partial charge in [0, 0.05) is 18.9 Å². The summed E-state index contributed by atoms with van der Waals surface area (Å²) < 4.78 is 30.7. The number of alkyl halides is 3. The van der Waals surface area contributed by atoms with Gasteiger partial charge in [0.15, 0.2) is 0 Å². The van der Waals surface area contributed by atoms with Crippen molar-refractivity contribution in [1.29, 1.82) is 0 Å². The molecule has 0 saturated heterocycles. The molecule has 0 rings (SSSR count). The molecule has 0 atom stereocenters. The summed E-state index contributed by atoms with van der Waals surface area (Å²) in [6.45, 7) is 1.77. The van der Waals surface area contributed by atoms with E-state index in [-0.39, 0.29) is 45.8 Å². The van der Waals surface area contributed by atoms with E-state index in [4.69, 9.17) is 0 Å². The molecule has 0 nitrogen and oxygen atoms in total. The molecule has 0 aromatic rings. The molecule has 1 radical (unpaired) electrons. The molecule has 0 heterocycles. The summed E-state index contributed by atoms with van der Waals surface area (Å²) in [6.07, 6.45) is -4.25. The van der Waals surface area contributed by atoms with Crippen molar-refractivity contribution in [2.45, 2.75) is 6.18 Å². The van der Waals surface area contributed by atoms with Crippen LogP contribution in [0.4, 0.5) is 13.2 Å². The van der Waals surface area contributed by atoms with Crippen molar-refractivity contribution in [2.24, 2.45) is 0 Å². The van der Waals surface area contributed by atoms with Gasteiger partial charge in [-0.25, -0.2) is 20.1 Å². The summed E-state index contributed by atoms with van der Waals surface area (Å²) in [7, 11) is 0. The molecule has 0 aliphatic carbocycles. The molecule has 0 aromatic heterocycles.